The van der Waals surface area contributed by atoms with Gasteiger partial charge in [0.1, 0.15) is 11.9 Å². The Hall–Kier alpha value is 0.420. The number of hydrogen-bond donors (Lipinski definition) is 0. The van der Waals surface area contributed by atoms with E-state index in [1.54, 1.807) is 0 Å². The highest BCUT2D eigenvalue weighted by molar-refractivity contribution is 6.17. The second-order valence-electron chi connectivity index (χ2n) is 3.54. The first-order chi connectivity index (χ1) is 7.91. The largest absolute Gasteiger partial charge is 0.204 e. The lowest BCUT2D eigenvalue weighted by atomic mass is 10.1. The molecule has 0 heterocycles. The Kier molecular flexibility index (Phi) is 15.8. The van der Waals surface area contributed by atoms with E-state index in [-0.39, 0.29) is 0 Å². The van der Waals surface area contributed by atoms with Gasteiger partial charge in [-0.05, 0) is 22.9 Å². The summed E-state index contributed by atoms with van der Waals surface area (Å²) in [6.07, 6.45) is 9.51. The molecule has 0 fully saturated rings. The maximum atomic E-state index is 5.58. The van der Waals surface area contributed by atoms with Crippen LogP contribution in [0.2, 0.25) is 0 Å². The average Bonchev–Trinajstić information content (AvgIpc) is 2.31. The number of halogens is 2. The molecule has 0 aromatic heterocycles. The molecule has 0 spiro atoms. The van der Waals surface area contributed by atoms with Gasteiger partial charge < -0.3 is 0 Å². The maximum Gasteiger partial charge on any atom is 0.103 e. The van der Waals surface area contributed by atoms with Crippen molar-refractivity contribution in [2.24, 2.45) is 0 Å². The summed E-state index contributed by atoms with van der Waals surface area (Å²) in [5.74, 6) is 0.783. The summed E-state index contributed by atoms with van der Waals surface area (Å²) in [4.78, 5) is 4.59. The van der Waals surface area contributed by atoms with Crippen LogP contribution >= 0.6 is 23.5 Å². The summed E-state index contributed by atoms with van der Waals surface area (Å²) < 4.78 is 3.65. The van der Waals surface area contributed by atoms with Crippen molar-refractivity contribution in [2.75, 3.05) is 12.5 Å². The quantitative estimate of drug-likeness (QED) is 0.217. The van der Waals surface area contributed by atoms with Gasteiger partial charge in [0.05, 0.1) is 6.61 Å². The molecule has 0 unspecified atom stereocenters. The molecule has 6 heteroatoms. The molecular formula is C10H20Cl2O4. The van der Waals surface area contributed by atoms with Crippen molar-refractivity contribution in [3.63, 3.8) is 0 Å². The van der Waals surface area contributed by atoms with Crippen molar-refractivity contribution in [3.05, 3.63) is 0 Å². The summed E-state index contributed by atoms with van der Waals surface area (Å²) in [6, 6.07) is 0. The summed E-state index contributed by atoms with van der Waals surface area (Å²) in [7, 11) is 0. The van der Waals surface area contributed by atoms with Crippen molar-refractivity contribution in [1.29, 1.82) is 0 Å². The highest BCUT2D eigenvalue weighted by Gasteiger charge is 1.93. The first-order valence-corrected chi connectivity index (χ1v) is 6.55. The number of alkyl halides is 1. The molecule has 16 heavy (non-hydrogen) atoms. The lowest BCUT2D eigenvalue weighted by Gasteiger charge is -2.01. The Balaban J connectivity index is 2.83. The predicted octanol–water partition coefficient (Wildman–Crippen LogP) is 4.31. The van der Waals surface area contributed by atoms with Gasteiger partial charge in [0.15, 0.2) is 0 Å². The Morgan fingerprint density at radius 2 is 1.25 bits per heavy atom. The minimum absolute atomic E-state index is 0.479. The van der Waals surface area contributed by atoms with E-state index >= 15 is 0 Å². The van der Waals surface area contributed by atoms with Crippen molar-refractivity contribution >= 4 is 23.5 Å². The van der Waals surface area contributed by atoms with Crippen LogP contribution in [0, 0.1) is 0 Å². The minimum Gasteiger partial charge on any atom is -0.204 e. The second-order valence-corrected chi connectivity index (χ2v) is 4.04. The lowest BCUT2D eigenvalue weighted by Crippen LogP contribution is -1.96. The van der Waals surface area contributed by atoms with Crippen LogP contribution in [0.1, 0.15) is 51.4 Å². The van der Waals surface area contributed by atoms with Gasteiger partial charge in [-0.15, -0.1) is 11.6 Å². The van der Waals surface area contributed by atoms with E-state index in [9.17, 15) is 0 Å². The Labute approximate surface area is 107 Å². The van der Waals surface area contributed by atoms with Crippen molar-refractivity contribution < 1.29 is 19.4 Å². The van der Waals surface area contributed by atoms with Gasteiger partial charge in [-0.1, -0.05) is 43.0 Å². The molecule has 0 aromatic carbocycles. The number of rotatable bonds is 13. The maximum absolute atomic E-state index is 5.58. The smallest absolute Gasteiger partial charge is 0.103 e. The van der Waals surface area contributed by atoms with E-state index in [1.165, 1.54) is 32.1 Å². The van der Waals surface area contributed by atoms with Crippen LogP contribution in [0.4, 0.5) is 0 Å². The third kappa shape index (κ3) is 14.4. The summed E-state index contributed by atoms with van der Waals surface area (Å²) in [5, 5.41) is 7.94. The Bertz CT molecular complexity index is 113. The predicted molar refractivity (Wildman–Crippen MR) is 62.7 cm³/mol. The zero-order valence-corrected chi connectivity index (χ0v) is 11.0. The fourth-order valence-corrected chi connectivity index (χ4v) is 1.59. The molecule has 0 N–H and O–H groups in total. The molecule has 0 saturated heterocycles. The summed E-state index contributed by atoms with van der Waals surface area (Å²) >= 11 is 10.3. The molecule has 98 valence electrons. The molecule has 0 aliphatic carbocycles. The van der Waals surface area contributed by atoms with Gasteiger partial charge in [-0.25, -0.2) is 4.89 Å². The fraction of sp³-hybridized carbons (Fsp3) is 1.00. The molecule has 0 amide bonds. The summed E-state index contributed by atoms with van der Waals surface area (Å²) in [5.41, 5.74) is 0. The number of unbranched alkanes of at least 4 members (excludes halogenated alkanes) is 7. The van der Waals surface area contributed by atoms with Crippen molar-refractivity contribution in [1.82, 2.24) is 0 Å². The second kappa shape index (κ2) is 15.4. The normalized spacial score (nSPS) is 10.9. The molecule has 0 rings (SSSR count). The van der Waals surface area contributed by atoms with Crippen LogP contribution in [0.25, 0.3) is 0 Å². The first kappa shape index (κ1) is 16.4. The van der Waals surface area contributed by atoms with Gasteiger partial charge >= 0.3 is 0 Å². The molecule has 0 aliphatic rings. The van der Waals surface area contributed by atoms with E-state index in [0.29, 0.717) is 6.61 Å². The molecule has 0 saturated carbocycles. The first-order valence-electron chi connectivity index (χ1n) is 5.71. The van der Waals surface area contributed by atoms with E-state index in [2.05, 4.69) is 19.4 Å². The van der Waals surface area contributed by atoms with Gasteiger partial charge in [0.25, 0.3) is 0 Å². The standard InChI is InChI=1S/C10H20Cl2O4/c11-9-7-5-3-1-2-4-6-8-10-13-15-16-14-12/h1-10H2. The molecule has 0 atom stereocenters. The average molecular weight is 275 g/mol. The molecule has 4 nitrogen and oxygen atoms in total. The van der Waals surface area contributed by atoms with Crippen LogP contribution in [0.3, 0.4) is 0 Å². The van der Waals surface area contributed by atoms with Crippen molar-refractivity contribution in [2.45, 2.75) is 51.4 Å². The van der Waals surface area contributed by atoms with Gasteiger partial charge in [0.2, 0.25) is 0 Å². The Morgan fingerprint density at radius 1 is 0.688 bits per heavy atom. The highest BCUT2D eigenvalue weighted by atomic mass is 35.5. The van der Waals surface area contributed by atoms with Crippen LogP contribution in [-0.2, 0) is 19.4 Å². The monoisotopic (exact) mass is 274 g/mol. The van der Waals surface area contributed by atoms with E-state index in [1.807, 2.05) is 0 Å². The molecule has 0 aromatic rings. The third-order valence-corrected chi connectivity index (χ3v) is 2.53. The topological polar surface area (TPSA) is 36.9 Å². The van der Waals surface area contributed by atoms with E-state index in [4.69, 9.17) is 23.5 Å². The van der Waals surface area contributed by atoms with Gasteiger partial charge in [-0.3, -0.25) is 0 Å². The van der Waals surface area contributed by atoms with Crippen LogP contribution in [-0.4, -0.2) is 12.5 Å². The molecule has 0 radical (unpaired) electrons. The van der Waals surface area contributed by atoms with E-state index in [0.717, 1.165) is 25.1 Å². The highest BCUT2D eigenvalue weighted by Crippen LogP contribution is 2.09. The fourth-order valence-electron chi connectivity index (χ4n) is 1.38. The van der Waals surface area contributed by atoms with Crippen LogP contribution < -0.4 is 0 Å². The third-order valence-electron chi connectivity index (χ3n) is 2.21. The van der Waals surface area contributed by atoms with Crippen molar-refractivity contribution in [3.8, 4) is 0 Å². The SMILES string of the molecule is ClCCCCCCCCCCOOOOCl. The molecule has 0 aliphatic heterocycles. The number of hydrogen-bond acceptors (Lipinski definition) is 4. The minimum atomic E-state index is 0.479. The lowest BCUT2D eigenvalue weighted by molar-refractivity contribution is -0.608. The Morgan fingerprint density at radius 3 is 1.81 bits per heavy atom. The zero-order valence-electron chi connectivity index (χ0n) is 9.46. The van der Waals surface area contributed by atoms with Gasteiger partial charge in [-0.2, -0.15) is 0 Å². The molecular weight excluding hydrogens is 255 g/mol. The van der Waals surface area contributed by atoms with Crippen LogP contribution in [0.5, 0.6) is 0 Å². The zero-order chi connectivity index (χ0) is 11.9. The molecule has 0 bridgehead atoms. The van der Waals surface area contributed by atoms with Crippen LogP contribution in [0.15, 0.2) is 0 Å². The van der Waals surface area contributed by atoms with Gasteiger partial charge in [0, 0.05) is 5.88 Å². The summed E-state index contributed by atoms with van der Waals surface area (Å²) in [6.45, 7) is 0.479. The van der Waals surface area contributed by atoms with E-state index < -0.39 is 0 Å².